The van der Waals surface area contributed by atoms with Crippen LogP contribution in [0.4, 0.5) is 10.1 Å². The quantitative estimate of drug-likeness (QED) is 0.178. The fourth-order valence-corrected chi connectivity index (χ4v) is 6.45. The third kappa shape index (κ3) is 8.68. The fraction of sp³-hybridized carbons (Fsp3) is 0.278. The van der Waals surface area contributed by atoms with E-state index in [0.29, 0.717) is 12.2 Å². The number of anilines is 1. The summed E-state index contributed by atoms with van der Waals surface area (Å²) < 4.78 is 55.3. The zero-order valence-electron chi connectivity index (χ0n) is 26.9. The smallest absolute Gasteiger partial charge is 0.264 e. The molecule has 4 aromatic carbocycles. The first-order valence-electron chi connectivity index (χ1n) is 15.3. The first-order valence-corrected chi connectivity index (χ1v) is 16.7. The molecule has 0 spiro atoms. The summed E-state index contributed by atoms with van der Waals surface area (Å²) in [4.78, 5) is 29.6. The van der Waals surface area contributed by atoms with Gasteiger partial charge in [-0.15, -0.1) is 0 Å². The number of sulfonamides is 1. The van der Waals surface area contributed by atoms with Crippen LogP contribution in [0.3, 0.4) is 0 Å². The largest absolute Gasteiger partial charge is 0.497 e. The maximum Gasteiger partial charge on any atom is 0.264 e. The van der Waals surface area contributed by atoms with Crippen LogP contribution in [-0.4, -0.2) is 58.0 Å². The van der Waals surface area contributed by atoms with Crippen molar-refractivity contribution in [1.29, 1.82) is 0 Å². The Kier molecular flexibility index (Phi) is 12.0. The highest BCUT2D eigenvalue weighted by Gasteiger charge is 2.36. The Morgan fingerprint density at radius 2 is 1.49 bits per heavy atom. The number of carbonyl (C=O) groups excluding carboxylic acids is 2. The molecule has 0 radical (unpaired) electrons. The summed E-state index contributed by atoms with van der Waals surface area (Å²) >= 11 is 0. The van der Waals surface area contributed by atoms with Crippen molar-refractivity contribution in [2.75, 3.05) is 25.1 Å². The molecule has 4 rings (SSSR count). The number of carbonyl (C=O) groups is 2. The summed E-state index contributed by atoms with van der Waals surface area (Å²) in [6.07, 6.45) is 0.760. The third-order valence-corrected chi connectivity index (χ3v) is 9.62. The topological polar surface area (TPSA) is 105 Å². The monoisotopic (exact) mass is 661 g/mol. The lowest BCUT2D eigenvalue weighted by Gasteiger charge is -2.34. The van der Waals surface area contributed by atoms with E-state index in [1.54, 1.807) is 24.3 Å². The molecule has 248 valence electrons. The number of nitrogens with one attached hydrogen (secondary N) is 1. The molecule has 0 unspecified atom stereocenters. The SMILES string of the molecule is CC[C@@H](C)NC(=O)[C@@H](Cc1ccccc1)N(Cc1ccccc1F)C(=O)CN(c1ccccc1OC)S(=O)(=O)c1ccc(OC)cc1. The Morgan fingerprint density at radius 3 is 2.13 bits per heavy atom. The predicted octanol–water partition coefficient (Wildman–Crippen LogP) is 5.59. The van der Waals surface area contributed by atoms with Gasteiger partial charge in [-0.05, 0) is 61.4 Å². The molecule has 2 amide bonds. The van der Waals surface area contributed by atoms with Crippen molar-refractivity contribution >= 4 is 27.5 Å². The van der Waals surface area contributed by atoms with Crippen molar-refractivity contribution in [3.63, 3.8) is 0 Å². The number of ether oxygens (including phenoxy) is 2. The summed E-state index contributed by atoms with van der Waals surface area (Å²) in [5.74, 6) is -1.03. The lowest BCUT2D eigenvalue weighted by atomic mass is 10.0. The number of para-hydroxylation sites is 2. The number of halogens is 1. The molecular formula is C36H40FN3O6S. The van der Waals surface area contributed by atoms with Crippen molar-refractivity contribution in [2.45, 2.75) is 50.2 Å². The van der Waals surface area contributed by atoms with Crippen LogP contribution in [0.2, 0.25) is 0 Å². The van der Waals surface area contributed by atoms with Gasteiger partial charge in [-0.25, -0.2) is 12.8 Å². The van der Waals surface area contributed by atoms with Gasteiger partial charge >= 0.3 is 0 Å². The minimum atomic E-state index is -4.37. The van der Waals surface area contributed by atoms with Crippen LogP contribution in [0.15, 0.2) is 108 Å². The molecule has 0 bridgehead atoms. The summed E-state index contributed by atoms with van der Waals surface area (Å²) in [6.45, 7) is 2.80. The minimum absolute atomic E-state index is 0.0898. The molecule has 0 aliphatic heterocycles. The van der Waals surface area contributed by atoms with Gasteiger partial charge < -0.3 is 19.7 Å². The van der Waals surface area contributed by atoms with Crippen LogP contribution >= 0.6 is 0 Å². The van der Waals surface area contributed by atoms with Gasteiger partial charge in [0.05, 0.1) is 24.8 Å². The van der Waals surface area contributed by atoms with E-state index in [1.807, 2.05) is 44.2 Å². The first kappa shape index (κ1) is 35.0. The number of hydrogen-bond acceptors (Lipinski definition) is 6. The van der Waals surface area contributed by atoms with Gasteiger partial charge in [-0.3, -0.25) is 13.9 Å². The number of hydrogen-bond donors (Lipinski definition) is 1. The molecule has 0 fully saturated rings. The Hall–Kier alpha value is -4.90. The van der Waals surface area contributed by atoms with E-state index in [-0.39, 0.29) is 40.9 Å². The van der Waals surface area contributed by atoms with Gasteiger partial charge in [0.15, 0.2) is 0 Å². The Bertz CT molecular complexity index is 1750. The number of rotatable bonds is 15. The molecule has 0 aliphatic rings. The highest BCUT2D eigenvalue weighted by Crippen LogP contribution is 2.33. The van der Waals surface area contributed by atoms with Crippen molar-refractivity contribution in [2.24, 2.45) is 0 Å². The summed E-state index contributed by atoms with van der Waals surface area (Å²) in [7, 11) is -1.50. The van der Waals surface area contributed by atoms with Crippen LogP contribution in [0.1, 0.15) is 31.4 Å². The Balaban J connectivity index is 1.84. The van der Waals surface area contributed by atoms with E-state index in [4.69, 9.17) is 9.47 Å². The van der Waals surface area contributed by atoms with E-state index < -0.39 is 40.2 Å². The van der Waals surface area contributed by atoms with E-state index in [1.165, 1.54) is 67.7 Å². The molecule has 47 heavy (non-hydrogen) atoms. The maximum absolute atomic E-state index is 15.1. The standard InChI is InChI=1S/C36H40FN3O6S/c1-5-26(2)38-36(42)33(23-27-13-7-6-8-14-27)39(24-28-15-9-10-16-31(28)37)35(41)25-40(32-17-11-12-18-34(32)46-4)47(43,44)30-21-19-29(45-3)20-22-30/h6-22,26,33H,5,23-25H2,1-4H3,(H,38,42)/t26-,33-/m1/s1. The van der Waals surface area contributed by atoms with Gasteiger partial charge in [0.1, 0.15) is 29.9 Å². The van der Waals surface area contributed by atoms with Gasteiger partial charge in [0.2, 0.25) is 11.8 Å². The molecule has 0 heterocycles. The summed E-state index contributed by atoms with van der Waals surface area (Å²) in [6, 6.07) is 26.1. The number of amides is 2. The van der Waals surface area contributed by atoms with E-state index in [0.717, 1.165) is 9.87 Å². The molecule has 0 aromatic heterocycles. The predicted molar refractivity (Wildman–Crippen MR) is 179 cm³/mol. The number of methoxy groups -OCH3 is 2. The van der Waals surface area contributed by atoms with Crippen LogP contribution in [0.5, 0.6) is 11.5 Å². The van der Waals surface area contributed by atoms with Crippen molar-refractivity contribution in [3.05, 3.63) is 120 Å². The van der Waals surface area contributed by atoms with Gasteiger partial charge in [-0.1, -0.05) is 67.6 Å². The van der Waals surface area contributed by atoms with Crippen LogP contribution in [0.25, 0.3) is 0 Å². The van der Waals surface area contributed by atoms with Crippen molar-refractivity contribution < 1.29 is 31.9 Å². The molecule has 1 N–H and O–H groups in total. The molecule has 2 atom stereocenters. The molecule has 0 saturated heterocycles. The van der Waals surface area contributed by atoms with Crippen LogP contribution in [0, 0.1) is 5.82 Å². The fourth-order valence-electron chi connectivity index (χ4n) is 5.03. The van der Waals surface area contributed by atoms with Gasteiger partial charge in [-0.2, -0.15) is 0 Å². The molecule has 11 heteroatoms. The first-order chi connectivity index (χ1) is 22.6. The second kappa shape index (κ2) is 16.1. The summed E-state index contributed by atoms with van der Waals surface area (Å²) in [5, 5.41) is 2.97. The zero-order chi connectivity index (χ0) is 34.0. The molecule has 0 aliphatic carbocycles. The Labute approximate surface area is 276 Å². The highest BCUT2D eigenvalue weighted by atomic mass is 32.2. The van der Waals surface area contributed by atoms with E-state index in [2.05, 4.69) is 5.32 Å². The Morgan fingerprint density at radius 1 is 0.851 bits per heavy atom. The van der Waals surface area contributed by atoms with Crippen molar-refractivity contribution in [1.82, 2.24) is 10.2 Å². The average Bonchev–Trinajstić information content (AvgIpc) is 3.09. The average molecular weight is 662 g/mol. The molecule has 0 saturated carbocycles. The molecule has 9 nitrogen and oxygen atoms in total. The zero-order valence-corrected chi connectivity index (χ0v) is 27.7. The van der Waals surface area contributed by atoms with Crippen LogP contribution < -0.4 is 19.1 Å². The van der Waals surface area contributed by atoms with E-state index >= 15 is 4.39 Å². The number of nitrogens with zero attached hydrogens (tertiary/aromatic N) is 2. The normalized spacial score (nSPS) is 12.4. The lowest BCUT2D eigenvalue weighted by molar-refractivity contribution is -0.140. The second-order valence-corrected chi connectivity index (χ2v) is 12.9. The minimum Gasteiger partial charge on any atom is -0.497 e. The van der Waals surface area contributed by atoms with Gasteiger partial charge in [0, 0.05) is 24.6 Å². The molecule has 4 aromatic rings. The summed E-state index contributed by atoms with van der Waals surface area (Å²) in [5.41, 5.74) is 1.07. The third-order valence-electron chi connectivity index (χ3n) is 7.85. The van der Waals surface area contributed by atoms with Gasteiger partial charge in [0.25, 0.3) is 10.0 Å². The lowest BCUT2D eigenvalue weighted by Crippen LogP contribution is -2.54. The maximum atomic E-state index is 15.1. The number of benzene rings is 4. The van der Waals surface area contributed by atoms with Crippen molar-refractivity contribution in [3.8, 4) is 11.5 Å². The van der Waals surface area contributed by atoms with E-state index in [9.17, 15) is 18.0 Å². The van der Waals surface area contributed by atoms with Crippen LogP contribution in [-0.2, 0) is 32.6 Å². The highest BCUT2D eigenvalue weighted by molar-refractivity contribution is 7.92. The molecular weight excluding hydrogens is 621 g/mol. The second-order valence-electron chi connectivity index (χ2n) is 11.0.